The summed E-state index contributed by atoms with van der Waals surface area (Å²) >= 11 is 0. The number of carbonyl (C=O) groups excluding carboxylic acids is 2. The minimum atomic E-state index is -1.05. The van der Waals surface area contributed by atoms with Gasteiger partial charge in [-0.1, -0.05) is 18.2 Å². The number of hydrogen-bond acceptors (Lipinski definition) is 4. The van der Waals surface area contributed by atoms with E-state index in [4.69, 9.17) is 4.74 Å². The van der Waals surface area contributed by atoms with Crippen LogP contribution in [0.2, 0.25) is 0 Å². The van der Waals surface area contributed by atoms with Crippen LogP contribution in [-0.2, 0) is 15.0 Å². The zero-order valence-corrected chi connectivity index (χ0v) is 15.5. The Bertz CT molecular complexity index is 1120. The molecule has 0 aliphatic carbocycles. The Balaban J connectivity index is 1.73. The van der Waals surface area contributed by atoms with E-state index in [0.29, 0.717) is 11.4 Å². The van der Waals surface area contributed by atoms with Crippen molar-refractivity contribution in [2.75, 3.05) is 24.4 Å². The SMILES string of the molecule is COc1ccc(-n2ncc3c2NC(=O)C[C@@]32C(=O)N(C)c3ccccc32)cc1. The summed E-state index contributed by atoms with van der Waals surface area (Å²) in [5.74, 6) is 0.937. The average molecular weight is 374 g/mol. The van der Waals surface area contributed by atoms with E-state index < -0.39 is 5.41 Å². The standard InChI is InChI=1S/C21H18N4O3/c1-24-17-6-4-3-5-15(17)21(20(24)27)11-18(26)23-19-16(21)12-22-25(19)13-7-9-14(28-2)10-8-13/h3-10,12H,11H2,1-2H3,(H,23,26)/t21-/m0/s1. The van der Waals surface area contributed by atoms with Crippen molar-refractivity contribution in [3.8, 4) is 11.4 Å². The van der Waals surface area contributed by atoms with Crippen LogP contribution in [0.25, 0.3) is 5.69 Å². The number of carbonyl (C=O) groups is 2. The predicted octanol–water partition coefficient (Wildman–Crippen LogP) is 2.49. The molecule has 0 saturated heterocycles. The molecule has 2 aliphatic heterocycles. The van der Waals surface area contributed by atoms with E-state index in [-0.39, 0.29) is 18.2 Å². The molecule has 1 N–H and O–H groups in total. The molecule has 0 bridgehead atoms. The maximum atomic E-state index is 13.4. The molecule has 140 valence electrons. The Labute approximate surface area is 161 Å². The number of para-hydroxylation sites is 1. The van der Waals surface area contributed by atoms with E-state index in [1.165, 1.54) is 0 Å². The lowest BCUT2D eigenvalue weighted by Crippen LogP contribution is -2.45. The van der Waals surface area contributed by atoms with Gasteiger partial charge in [0.2, 0.25) is 11.8 Å². The van der Waals surface area contributed by atoms with Crippen LogP contribution in [0.5, 0.6) is 5.75 Å². The van der Waals surface area contributed by atoms with Crippen LogP contribution in [-0.4, -0.2) is 35.8 Å². The van der Waals surface area contributed by atoms with Crippen molar-refractivity contribution in [3.05, 3.63) is 65.9 Å². The average Bonchev–Trinajstić information content (AvgIpc) is 3.23. The summed E-state index contributed by atoms with van der Waals surface area (Å²) < 4.78 is 6.86. The van der Waals surface area contributed by atoms with Crippen molar-refractivity contribution in [2.24, 2.45) is 0 Å². The van der Waals surface area contributed by atoms with Crippen LogP contribution in [0.15, 0.2) is 54.7 Å². The van der Waals surface area contributed by atoms with Crippen LogP contribution >= 0.6 is 0 Å². The lowest BCUT2D eigenvalue weighted by Gasteiger charge is -2.32. The van der Waals surface area contributed by atoms with Crippen LogP contribution in [0.4, 0.5) is 11.5 Å². The molecule has 1 atom stereocenters. The third kappa shape index (κ3) is 2.01. The third-order valence-corrected chi connectivity index (χ3v) is 5.62. The van der Waals surface area contributed by atoms with E-state index >= 15 is 0 Å². The first-order chi connectivity index (χ1) is 13.6. The van der Waals surface area contributed by atoms with Crippen molar-refractivity contribution in [1.29, 1.82) is 0 Å². The van der Waals surface area contributed by atoms with Gasteiger partial charge in [0.15, 0.2) is 0 Å². The zero-order valence-electron chi connectivity index (χ0n) is 15.5. The highest BCUT2D eigenvalue weighted by molar-refractivity contribution is 6.15. The third-order valence-electron chi connectivity index (χ3n) is 5.62. The Kier molecular flexibility index (Phi) is 3.37. The molecule has 28 heavy (non-hydrogen) atoms. The molecule has 7 heteroatoms. The van der Waals surface area contributed by atoms with Crippen LogP contribution < -0.4 is 15.0 Å². The minimum Gasteiger partial charge on any atom is -0.497 e. The summed E-state index contributed by atoms with van der Waals surface area (Å²) in [6.07, 6.45) is 1.75. The molecule has 2 amide bonds. The molecule has 0 saturated carbocycles. The second kappa shape index (κ2) is 5.69. The monoisotopic (exact) mass is 374 g/mol. The van der Waals surface area contributed by atoms with Gasteiger partial charge in [0.25, 0.3) is 0 Å². The Morgan fingerprint density at radius 2 is 1.82 bits per heavy atom. The Morgan fingerprint density at radius 3 is 2.57 bits per heavy atom. The van der Waals surface area contributed by atoms with Crippen molar-refractivity contribution < 1.29 is 14.3 Å². The number of likely N-dealkylation sites (N-methyl/N-ethyl adjacent to an activating group) is 1. The molecule has 7 nitrogen and oxygen atoms in total. The highest BCUT2D eigenvalue weighted by Crippen LogP contribution is 2.51. The minimum absolute atomic E-state index is 0.0640. The van der Waals surface area contributed by atoms with Crippen molar-refractivity contribution in [1.82, 2.24) is 9.78 Å². The quantitative estimate of drug-likeness (QED) is 0.748. The number of benzene rings is 2. The van der Waals surface area contributed by atoms with Gasteiger partial charge in [-0.3, -0.25) is 9.59 Å². The fourth-order valence-electron chi connectivity index (χ4n) is 4.28. The van der Waals surface area contributed by atoms with E-state index in [1.807, 2.05) is 48.5 Å². The predicted molar refractivity (Wildman–Crippen MR) is 104 cm³/mol. The zero-order chi connectivity index (χ0) is 19.5. The van der Waals surface area contributed by atoms with E-state index in [0.717, 1.165) is 22.7 Å². The number of ether oxygens (including phenoxy) is 1. The topological polar surface area (TPSA) is 76.5 Å². The maximum absolute atomic E-state index is 13.4. The number of anilines is 2. The maximum Gasteiger partial charge on any atom is 0.242 e. The number of fused-ring (bicyclic) bond motifs is 4. The number of rotatable bonds is 2. The van der Waals surface area contributed by atoms with Crippen molar-refractivity contribution in [2.45, 2.75) is 11.8 Å². The van der Waals surface area contributed by atoms with Gasteiger partial charge in [-0.2, -0.15) is 5.10 Å². The first kappa shape index (κ1) is 16.6. The molecule has 2 aromatic carbocycles. The molecular formula is C21H18N4O3. The van der Waals surface area contributed by atoms with Crippen LogP contribution in [0.3, 0.4) is 0 Å². The smallest absolute Gasteiger partial charge is 0.242 e. The van der Waals surface area contributed by atoms with E-state index in [2.05, 4.69) is 10.4 Å². The molecular weight excluding hydrogens is 356 g/mol. The van der Waals surface area contributed by atoms with Gasteiger partial charge >= 0.3 is 0 Å². The largest absolute Gasteiger partial charge is 0.497 e. The van der Waals surface area contributed by atoms with Gasteiger partial charge in [0.1, 0.15) is 17.0 Å². The lowest BCUT2D eigenvalue weighted by atomic mass is 9.72. The number of nitrogens with zero attached hydrogens (tertiary/aromatic N) is 3. The number of methoxy groups -OCH3 is 1. The molecule has 1 aromatic heterocycles. The second-order valence-electron chi connectivity index (χ2n) is 7.03. The first-order valence-electron chi connectivity index (χ1n) is 8.96. The number of nitrogens with one attached hydrogen (secondary N) is 1. The Morgan fingerprint density at radius 1 is 1.07 bits per heavy atom. The molecule has 0 radical (unpaired) electrons. The van der Waals surface area contributed by atoms with Gasteiger partial charge in [-0.05, 0) is 35.9 Å². The molecule has 1 spiro atoms. The Hall–Kier alpha value is -3.61. The summed E-state index contributed by atoms with van der Waals surface area (Å²) in [6, 6.07) is 15.0. The second-order valence-corrected chi connectivity index (χ2v) is 7.03. The molecule has 3 heterocycles. The van der Waals surface area contributed by atoms with Gasteiger partial charge in [-0.15, -0.1) is 0 Å². The normalized spacial score (nSPS) is 20.1. The van der Waals surface area contributed by atoms with Crippen LogP contribution in [0.1, 0.15) is 17.5 Å². The van der Waals surface area contributed by atoms with Gasteiger partial charge in [-0.25, -0.2) is 4.68 Å². The molecule has 0 unspecified atom stereocenters. The van der Waals surface area contributed by atoms with E-state index in [9.17, 15) is 9.59 Å². The molecule has 5 rings (SSSR count). The van der Waals surface area contributed by atoms with Gasteiger partial charge in [0.05, 0.1) is 19.0 Å². The van der Waals surface area contributed by atoms with Crippen molar-refractivity contribution >= 4 is 23.3 Å². The molecule has 3 aromatic rings. The fourth-order valence-corrected chi connectivity index (χ4v) is 4.28. The van der Waals surface area contributed by atoms with Gasteiger partial charge < -0.3 is 15.0 Å². The highest BCUT2D eigenvalue weighted by atomic mass is 16.5. The highest BCUT2D eigenvalue weighted by Gasteiger charge is 2.56. The molecule has 2 aliphatic rings. The summed E-state index contributed by atoms with van der Waals surface area (Å²) in [7, 11) is 3.35. The summed E-state index contributed by atoms with van der Waals surface area (Å²) in [5.41, 5.74) is 2.10. The van der Waals surface area contributed by atoms with Gasteiger partial charge in [0, 0.05) is 24.7 Å². The first-order valence-corrected chi connectivity index (χ1v) is 8.96. The number of hydrogen-bond donors (Lipinski definition) is 1. The van der Waals surface area contributed by atoms with E-state index in [1.54, 1.807) is 29.9 Å². The molecule has 0 fully saturated rings. The van der Waals surface area contributed by atoms with Crippen molar-refractivity contribution in [3.63, 3.8) is 0 Å². The summed E-state index contributed by atoms with van der Waals surface area (Å²) in [5, 5.41) is 7.41. The lowest BCUT2D eigenvalue weighted by molar-refractivity contribution is -0.126. The van der Waals surface area contributed by atoms with Crippen LogP contribution in [0, 0.1) is 0 Å². The number of amides is 2. The summed E-state index contributed by atoms with van der Waals surface area (Å²) in [4.78, 5) is 27.7. The fraction of sp³-hybridized carbons (Fsp3) is 0.190. The number of aromatic nitrogens is 2. The summed E-state index contributed by atoms with van der Waals surface area (Å²) in [6.45, 7) is 0.